The highest BCUT2D eigenvalue weighted by molar-refractivity contribution is 5.18. The van der Waals surface area contributed by atoms with E-state index in [-0.39, 0.29) is 6.10 Å². The molecule has 1 aromatic carbocycles. The van der Waals surface area contributed by atoms with E-state index in [0.29, 0.717) is 5.92 Å². The second-order valence-corrected chi connectivity index (χ2v) is 3.96. The van der Waals surface area contributed by atoms with E-state index >= 15 is 0 Å². The molecular formula is C12H17NO. The van der Waals surface area contributed by atoms with Gasteiger partial charge in [0.1, 0.15) is 0 Å². The lowest BCUT2D eigenvalue weighted by atomic mass is 9.89. The first-order valence-electron chi connectivity index (χ1n) is 5.31. The van der Waals surface area contributed by atoms with E-state index in [1.165, 1.54) is 6.42 Å². The van der Waals surface area contributed by atoms with Crippen molar-refractivity contribution in [1.82, 2.24) is 5.32 Å². The largest absolute Gasteiger partial charge is 0.388 e. The van der Waals surface area contributed by atoms with Gasteiger partial charge in [0.2, 0.25) is 0 Å². The summed E-state index contributed by atoms with van der Waals surface area (Å²) in [6.07, 6.45) is 2.00. The van der Waals surface area contributed by atoms with Crippen LogP contribution in [-0.2, 0) is 0 Å². The topological polar surface area (TPSA) is 32.3 Å². The van der Waals surface area contributed by atoms with Crippen molar-refractivity contribution in [1.29, 1.82) is 0 Å². The van der Waals surface area contributed by atoms with Crippen molar-refractivity contribution in [2.45, 2.75) is 18.9 Å². The number of hydrogen-bond acceptors (Lipinski definition) is 2. The Morgan fingerprint density at radius 1 is 1.29 bits per heavy atom. The van der Waals surface area contributed by atoms with Gasteiger partial charge in [-0.1, -0.05) is 30.3 Å². The summed E-state index contributed by atoms with van der Waals surface area (Å²) in [4.78, 5) is 0. The zero-order valence-electron chi connectivity index (χ0n) is 8.32. The Labute approximate surface area is 85.0 Å². The second kappa shape index (κ2) is 4.58. The Morgan fingerprint density at radius 3 is 2.71 bits per heavy atom. The van der Waals surface area contributed by atoms with Crippen LogP contribution in [0.25, 0.3) is 0 Å². The molecular weight excluding hydrogens is 174 g/mol. The molecule has 14 heavy (non-hydrogen) atoms. The van der Waals surface area contributed by atoms with Gasteiger partial charge in [-0.3, -0.25) is 0 Å². The average Bonchev–Trinajstić information content (AvgIpc) is 2.30. The molecule has 2 nitrogen and oxygen atoms in total. The Bertz CT molecular complexity index is 267. The maximum Gasteiger partial charge on any atom is 0.0830 e. The fraction of sp³-hybridized carbons (Fsp3) is 0.500. The first kappa shape index (κ1) is 9.69. The zero-order chi connectivity index (χ0) is 9.80. The molecule has 0 radical (unpaired) electrons. The summed E-state index contributed by atoms with van der Waals surface area (Å²) in [5.41, 5.74) is 1.04. The van der Waals surface area contributed by atoms with Crippen LogP contribution in [0, 0.1) is 5.92 Å². The first-order valence-corrected chi connectivity index (χ1v) is 5.31. The summed E-state index contributed by atoms with van der Waals surface area (Å²) in [7, 11) is 0. The van der Waals surface area contributed by atoms with Crippen molar-refractivity contribution in [3.63, 3.8) is 0 Å². The molecule has 0 saturated carbocycles. The molecule has 1 fully saturated rings. The van der Waals surface area contributed by atoms with Gasteiger partial charge in [0.05, 0.1) is 6.10 Å². The summed E-state index contributed by atoms with van der Waals surface area (Å²) < 4.78 is 0. The van der Waals surface area contributed by atoms with E-state index in [1.54, 1.807) is 0 Å². The molecule has 1 aliphatic heterocycles. The third-order valence-electron chi connectivity index (χ3n) is 2.92. The van der Waals surface area contributed by atoms with Crippen molar-refractivity contribution >= 4 is 0 Å². The summed E-state index contributed by atoms with van der Waals surface area (Å²) in [5, 5.41) is 13.4. The minimum atomic E-state index is -0.302. The van der Waals surface area contributed by atoms with E-state index < -0.39 is 0 Å². The Balaban J connectivity index is 2.03. The standard InChI is InChI=1S/C12H17NO/c14-12(10-5-2-1-3-6-10)11-7-4-8-13-9-11/h1-3,5-6,11-14H,4,7-9H2/t11-,12-/m1/s1. The zero-order valence-corrected chi connectivity index (χ0v) is 8.32. The molecule has 2 N–H and O–H groups in total. The molecule has 0 amide bonds. The number of aliphatic hydroxyl groups is 1. The van der Waals surface area contributed by atoms with Gasteiger partial charge in [-0.25, -0.2) is 0 Å². The molecule has 0 unspecified atom stereocenters. The van der Waals surface area contributed by atoms with Gasteiger partial charge in [0.25, 0.3) is 0 Å². The van der Waals surface area contributed by atoms with Crippen LogP contribution in [0.5, 0.6) is 0 Å². The fourth-order valence-electron chi connectivity index (χ4n) is 2.07. The predicted octanol–water partition coefficient (Wildman–Crippen LogP) is 1.72. The van der Waals surface area contributed by atoms with Crippen molar-refractivity contribution < 1.29 is 5.11 Å². The number of aliphatic hydroxyl groups excluding tert-OH is 1. The van der Waals surface area contributed by atoms with Crippen LogP contribution in [0.4, 0.5) is 0 Å². The summed E-state index contributed by atoms with van der Waals surface area (Å²) >= 11 is 0. The highest BCUT2D eigenvalue weighted by Crippen LogP contribution is 2.26. The van der Waals surface area contributed by atoms with Gasteiger partial charge in [0.15, 0.2) is 0 Å². The van der Waals surface area contributed by atoms with Crippen LogP contribution >= 0.6 is 0 Å². The molecule has 0 spiro atoms. The summed E-state index contributed by atoms with van der Waals surface area (Å²) in [6, 6.07) is 9.94. The molecule has 76 valence electrons. The highest BCUT2D eigenvalue weighted by Gasteiger charge is 2.22. The minimum absolute atomic E-state index is 0.302. The van der Waals surface area contributed by atoms with E-state index in [1.807, 2.05) is 30.3 Å². The van der Waals surface area contributed by atoms with Crippen molar-refractivity contribution in [2.24, 2.45) is 5.92 Å². The van der Waals surface area contributed by atoms with Crippen molar-refractivity contribution in [2.75, 3.05) is 13.1 Å². The van der Waals surface area contributed by atoms with Crippen LogP contribution in [0.3, 0.4) is 0 Å². The van der Waals surface area contributed by atoms with Crippen LogP contribution < -0.4 is 5.32 Å². The first-order chi connectivity index (χ1) is 6.88. The van der Waals surface area contributed by atoms with Gasteiger partial charge < -0.3 is 10.4 Å². The van der Waals surface area contributed by atoms with Crippen LogP contribution in [0.15, 0.2) is 30.3 Å². The molecule has 0 aliphatic carbocycles. The number of benzene rings is 1. The molecule has 0 aromatic heterocycles. The number of piperidine rings is 1. The van der Waals surface area contributed by atoms with Gasteiger partial charge in [-0.05, 0) is 24.9 Å². The lowest BCUT2D eigenvalue weighted by molar-refractivity contribution is 0.0922. The van der Waals surface area contributed by atoms with Gasteiger partial charge in [-0.2, -0.15) is 0 Å². The summed E-state index contributed by atoms with van der Waals surface area (Å²) in [6.45, 7) is 2.04. The Hall–Kier alpha value is -0.860. The molecule has 0 bridgehead atoms. The van der Waals surface area contributed by atoms with E-state index in [2.05, 4.69) is 5.32 Å². The second-order valence-electron chi connectivity index (χ2n) is 3.96. The monoisotopic (exact) mass is 191 g/mol. The molecule has 1 aromatic rings. The average molecular weight is 191 g/mol. The quantitative estimate of drug-likeness (QED) is 0.746. The highest BCUT2D eigenvalue weighted by atomic mass is 16.3. The van der Waals surface area contributed by atoms with Crippen molar-refractivity contribution in [3.8, 4) is 0 Å². The van der Waals surface area contributed by atoms with Gasteiger partial charge in [-0.15, -0.1) is 0 Å². The number of rotatable bonds is 2. The molecule has 2 rings (SSSR count). The van der Waals surface area contributed by atoms with Crippen LogP contribution in [0.1, 0.15) is 24.5 Å². The number of hydrogen-bond donors (Lipinski definition) is 2. The summed E-state index contributed by atoms with van der Waals surface area (Å²) in [5.74, 6) is 0.381. The molecule has 1 heterocycles. The van der Waals surface area contributed by atoms with E-state index in [4.69, 9.17) is 0 Å². The van der Waals surface area contributed by atoms with Gasteiger partial charge in [0, 0.05) is 12.5 Å². The molecule has 1 aliphatic rings. The third-order valence-corrected chi connectivity index (χ3v) is 2.92. The maximum atomic E-state index is 10.1. The third kappa shape index (κ3) is 2.14. The lowest BCUT2D eigenvalue weighted by Crippen LogP contribution is -2.33. The fourth-order valence-corrected chi connectivity index (χ4v) is 2.07. The maximum absolute atomic E-state index is 10.1. The minimum Gasteiger partial charge on any atom is -0.388 e. The Kier molecular flexibility index (Phi) is 3.17. The van der Waals surface area contributed by atoms with Gasteiger partial charge >= 0.3 is 0 Å². The Morgan fingerprint density at radius 2 is 2.07 bits per heavy atom. The van der Waals surface area contributed by atoms with E-state index in [0.717, 1.165) is 25.1 Å². The van der Waals surface area contributed by atoms with Crippen LogP contribution in [-0.4, -0.2) is 18.2 Å². The number of nitrogens with one attached hydrogen (secondary N) is 1. The van der Waals surface area contributed by atoms with Crippen LogP contribution in [0.2, 0.25) is 0 Å². The van der Waals surface area contributed by atoms with E-state index in [9.17, 15) is 5.11 Å². The molecule has 1 saturated heterocycles. The predicted molar refractivity (Wildman–Crippen MR) is 57.0 cm³/mol. The SMILES string of the molecule is O[C@H](c1ccccc1)[C@@H]1CCCNC1. The lowest BCUT2D eigenvalue weighted by Gasteiger charge is -2.27. The molecule has 2 atom stereocenters. The normalized spacial score (nSPS) is 24.5. The molecule has 2 heteroatoms. The van der Waals surface area contributed by atoms with Crippen molar-refractivity contribution in [3.05, 3.63) is 35.9 Å². The smallest absolute Gasteiger partial charge is 0.0830 e.